The van der Waals surface area contributed by atoms with Crippen molar-refractivity contribution in [2.45, 2.75) is 53.1 Å². The summed E-state index contributed by atoms with van der Waals surface area (Å²) >= 11 is 0. The van der Waals surface area contributed by atoms with E-state index in [0.717, 1.165) is 19.3 Å². The van der Waals surface area contributed by atoms with Crippen molar-refractivity contribution in [3.8, 4) is 0 Å². The van der Waals surface area contributed by atoms with Crippen LogP contribution in [0.4, 0.5) is 0 Å². The fourth-order valence-electron chi connectivity index (χ4n) is 3.92. The Morgan fingerprint density at radius 3 is 2.52 bits per heavy atom. The maximum absolute atomic E-state index is 11.3. The zero-order valence-corrected chi connectivity index (χ0v) is 13.2. The van der Waals surface area contributed by atoms with Crippen LogP contribution in [0.15, 0.2) is 22.8 Å². The van der Waals surface area contributed by atoms with Crippen LogP contribution < -0.4 is 0 Å². The summed E-state index contributed by atoms with van der Waals surface area (Å²) in [7, 11) is 0. The molecule has 4 nitrogen and oxygen atoms in total. The largest absolute Gasteiger partial charge is 0.478 e. The summed E-state index contributed by atoms with van der Waals surface area (Å²) in [5.41, 5.74) is 2.96. The van der Waals surface area contributed by atoms with Gasteiger partial charge >= 0.3 is 11.9 Å². The first kappa shape index (κ1) is 15.8. The van der Waals surface area contributed by atoms with Crippen LogP contribution in [0.25, 0.3) is 0 Å². The highest BCUT2D eigenvalue weighted by Gasteiger charge is 2.43. The molecule has 1 N–H and O–H groups in total. The van der Waals surface area contributed by atoms with E-state index in [0.29, 0.717) is 11.5 Å². The molecular formula is C17H24O4. The third-order valence-corrected chi connectivity index (χ3v) is 4.81. The van der Waals surface area contributed by atoms with Gasteiger partial charge < -0.3 is 9.84 Å². The molecule has 0 aromatic heterocycles. The molecule has 0 bridgehead atoms. The van der Waals surface area contributed by atoms with E-state index in [1.165, 1.54) is 18.1 Å². The van der Waals surface area contributed by atoms with E-state index >= 15 is 0 Å². The molecule has 116 valence electrons. The minimum atomic E-state index is -0.863. The molecule has 4 unspecified atom stereocenters. The third-order valence-electron chi connectivity index (χ3n) is 4.81. The molecule has 1 fully saturated rings. The number of aliphatic carboxylic acids is 1. The minimum absolute atomic E-state index is 0.0752. The summed E-state index contributed by atoms with van der Waals surface area (Å²) in [6.45, 7) is 7.38. The third kappa shape index (κ3) is 3.20. The number of ether oxygens (including phenoxy) is 1. The van der Waals surface area contributed by atoms with Crippen LogP contribution >= 0.6 is 0 Å². The minimum Gasteiger partial charge on any atom is -0.478 e. The van der Waals surface area contributed by atoms with Gasteiger partial charge in [0.05, 0.1) is 0 Å². The van der Waals surface area contributed by atoms with E-state index in [4.69, 9.17) is 9.84 Å². The fraction of sp³-hybridized carbons (Fsp3) is 0.647. The number of hydrogen-bond acceptors (Lipinski definition) is 3. The molecule has 0 radical (unpaired) electrons. The summed E-state index contributed by atoms with van der Waals surface area (Å²) < 4.78 is 5.50. The van der Waals surface area contributed by atoms with Crippen molar-refractivity contribution < 1.29 is 19.4 Å². The molecule has 4 atom stereocenters. The van der Waals surface area contributed by atoms with Crippen molar-refractivity contribution in [3.63, 3.8) is 0 Å². The molecule has 2 aliphatic rings. The van der Waals surface area contributed by atoms with E-state index in [1.54, 1.807) is 6.92 Å². The quantitative estimate of drug-likeness (QED) is 0.492. The summed E-state index contributed by atoms with van der Waals surface area (Å²) in [4.78, 5) is 22.4. The second-order valence-electron chi connectivity index (χ2n) is 6.43. The Morgan fingerprint density at radius 1 is 1.29 bits per heavy atom. The number of hydrogen-bond donors (Lipinski definition) is 1. The van der Waals surface area contributed by atoms with Crippen molar-refractivity contribution in [3.05, 3.63) is 22.8 Å². The van der Waals surface area contributed by atoms with E-state index < -0.39 is 5.97 Å². The van der Waals surface area contributed by atoms with E-state index in [-0.39, 0.29) is 23.9 Å². The lowest BCUT2D eigenvalue weighted by Gasteiger charge is -2.36. The molecule has 4 heteroatoms. The summed E-state index contributed by atoms with van der Waals surface area (Å²) in [5, 5.41) is 9.09. The Labute approximate surface area is 125 Å². The molecule has 0 amide bonds. The number of rotatable bonds is 3. The van der Waals surface area contributed by atoms with Crippen LogP contribution in [0, 0.1) is 17.8 Å². The van der Waals surface area contributed by atoms with E-state index in [9.17, 15) is 9.59 Å². The van der Waals surface area contributed by atoms with Crippen molar-refractivity contribution in [2.75, 3.05) is 0 Å². The SMILES string of the molecule is CC(=O)OC1CC(C)=C2C(/C=C(\C)C(=O)O)CCC(C)C21. The molecule has 0 heterocycles. The zero-order chi connectivity index (χ0) is 15.7. The number of fused-ring (bicyclic) bond motifs is 1. The number of esters is 1. The molecule has 1 saturated carbocycles. The number of carbonyl (C=O) groups is 2. The van der Waals surface area contributed by atoms with Crippen LogP contribution in [-0.4, -0.2) is 23.1 Å². The van der Waals surface area contributed by atoms with Crippen LogP contribution in [0.2, 0.25) is 0 Å². The molecule has 2 rings (SSSR count). The maximum Gasteiger partial charge on any atom is 0.330 e. The van der Waals surface area contributed by atoms with Gasteiger partial charge in [0.25, 0.3) is 0 Å². The van der Waals surface area contributed by atoms with Crippen LogP contribution in [0.3, 0.4) is 0 Å². The monoisotopic (exact) mass is 292 g/mol. The van der Waals surface area contributed by atoms with Gasteiger partial charge in [0, 0.05) is 24.8 Å². The molecule has 2 aliphatic carbocycles. The van der Waals surface area contributed by atoms with Gasteiger partial charge in [0.15, 0.2) is 0 Å². The number of allylic oxidation sites excluding steroid dienone is 1. The first-order valence-electron chi connectivity index (χ1n) is 7.59. The molecule has 0 saturated heterocycles. The van der Waals surface area contributed by atoms with Gasteiger partial charge in [-0.25, -0.2) is 4.79 Å². The Morgan fingerprint density at radius 2 is 1.95 bits per heavy atom. The smallest absolute Gasteiger partial charge is 0.330 e. The molecule has 0 aromatic carbocycles. The zero-order valence-electron chi connectivity index (χ0n) is 13.2. The summed E-state index contributed by atoms with van der Waals surface area (Å²) in [6, 6.07) is 0. The van der Waals surface area contributed by atoms with Crippen molar-refractivity contribution in [1.82, 2.24) is 0 Å². The lowest BCUT2D eigenvalue weighted by Crippen LogP contribution is -2.33. The molecular weight excluding hydrogens is 268 g/mol. The molecule has 0 aliphatic heterocycles. The lowest BCUT2D eigenvalue weighted by molar-refractivity contribution is -0.148. The Bertz CT molecular complexity index is 515. The van der Waals surface area contributed by atoms with Crippen molar-refractivity contribution in [1.29, 1.82) is 0 Å². The van der Waals surface area contributed by atoms with Crippen LogP contribution in [0.5, 0.6) is 0 Å². The maximum atomic E-state index is 11.3. The number of carbonyl (C=O) groups excluding carboxylic acids is 1. The van der Waals surface area contributed by atoms with Gasteiger partial charge in [0.1, 0.15) is 6.10 Å². The highest BCUT2D eigenvalue weighted by molar-refractivity contribution is 5.85. The first-order chi connectivity index (χ1) is 9.81. The van der Waals surface area contributed by atoms with Gasteiger partial charge in [-0.3, -0.25) is 4.79 Å². The summed E-state index contributed by atoms with van der Waals surface area (Å²) in [6.07, 6.45) is 4.58. The van der Waals surface area contributed by atoms with E-state index in [1.807, 2.05) is 6.08 Å². The van der Waals surface area contributed by atoms with Gasteiger partial charge in [-0.05, 0) is 38.5 Å². The molecule has 21 heavy (non-hydrogen) atoms. The van der Waals surface area contributed by atoms with Gasteiger partial charge in [-0.2, -0.15) is 0 Å². The first-order valence-corrected chi connectivity index (χ1v) is 7.59. The fourth-order valence-corrected chi connectivity index (χ4v) is 3.92. The average molecular weight is 292 g/mol. The van der Waals surface area contributed by atoms with Gasteiger partial charge in [-0.15, -0.1) is 0 Å². The Hall–Kier alpha value is -1.58. The molecule has 0 aromatic rings. The topological polar surface area (TPSA) is 63.6 Å². The van der Waals surface area contributed by atoms with E-state index in [2.05, 4.69) is 13.8 Å². The second-order valence-corrected chi connectivity index (χ2v) is 6.43. The van der Waals surface area contributed by atoms with Gasteiger partial charge in [0.2, 0.25) is 0 Å². The predicted molar refractivity (Wildman–Crippen MR) is 79.6 cm³/mol. The number of carboxylic acid groups (broad SMARTS) is 1. The lowest BCUT2D eigenvalue weighted by atomic mass is 9.70. The normalized spacial score (nSPS) is 32.9. The average Bonchev–Trinajstić information content (AvgIpc) is 2.69. The molecule has 0 spiro atoms. The second kappa shape index (κ2) is 6.04. The van der Waals surface area contributed by atoms with Gasteiger partial charge in [-0.1, -0.05) is 24.1 Å². The Kier molecular flexibility index (Phi) is 4.55. The van der Waals surface area contributed by atoms with Crippen LogP contribution in [0.1, 0.15) is 47.0 Å². The highest BCUT2D eigenvalue weighted by atomic mass is 16.5. The highest BCUT2D eigenvalue weighted by Crippen LogP contribution is 2.49. The standard InChI is InChI=1S/C17H24O4/c1-9-5-6-13(7-11(3)17(19)20)15-10(2)8-14(16(9)15)21-12(4)18/h7,9,13-14,16H,5-6,8H2,1-4H3,(H,19,20)/b11-7+. The summed E-state index contributed by atoms with van der Waals surface area (Å²) in [5.74, 6) is -0.219. The Balaban J connectivity index is 2.29. The number of carboxylic acids is 1. The van der Waals surface area contributed by atoms with Crippen molar-refractivity contribution >= 4 is 11.9 Å². The predicted octanol–water partition coefficient (Wildman–Crippen LogP) is 3.33. The van der Waals surface area contributed by atoms with Crippen LogP contribution in [-0.2, 0) is 14.3 Å². The van der Waals surface area contributed by atoms with Crippen molar-refractivity contribution in [2.24, 2.45) is 17.8 Å².